The van der Waals surface area contributed by atoms with E-state index in [1.807, 2.05) is 6.07 Å². The number of aliphatic hydroxyl groups excluding tert-OH is 1. The number of anilines is 1. The predicted molar refractivity (Wildman–Crippen MR) is 112 cm³/mol. The molecule has 1 aromatic carbocycles. The Kier molecular flexibility index (Phi) is 7.90. The molecule has 2 heterocycles. The normalized spacial score (nSPS) is 12.3. The van der Waals surface area contributed by atoms with Crippen LogP contribution in [0.15, 0.2) is 48.8 Å². The highest BCUT2D eigenvalue weighted by Crippen LogP contribution is 2.23. The van der Waals surface area contributed by atoms with Crippen molar-refractivity contribution in [2.75, 3.05) is 12.3 Å². The van der Waals surface area contributed by atoms with Crippen molar-refractivity contribution in [3.05, 3.63) is 59.9 Å². The van der Waals surface area contributed by atoms with Gasteiger partial charge in [-0.3, -0.25) is 0 Å². The average Bonchev–Trinajstić information content (AvgIpc) is 2.96. The zero-order valence-electron chi connectivity index (χ0n) is 14.9. The lowest BCUT2D eigenvalue weighted by molar-refractivity contribution is 0.160. The van der Waals surface area contributed by atoms with E-state index in [9.17, 15) is 5.11 Å². The Bertz CT molecular complexity index is 818. The van der Waals surface area contributed by atoms with Gasteiger partial charge in [0.15, 0.2) is 0 Å². The monoisotopic (exact) mass is 396 g/mol. The fraction of sp³-hybridized carbons (Fsp3) is 0.316. The lowest BCUT2D eigenvalue weighted by Gasteiger charge is -2.28. The summed E-state index contributed by atoms with van der Waals surface area (Å²) in [4.78, 5) is 7.33. The highest BCUT2D eigenvalue weighted by Gasteiger charge is 2.21. The molecule has 0 saturated heterocycles. The Labute approximate surface area is 166 Å². The minimum absolute atomic E-state index is 0. The van der Waals surface area contributed by atoms with Crippen LogP contribution in [0, 0.1) is 0 Å². The molecule has 0 bridgehead atoms. The van der Waals surface area contributed by atoms with Crippen LogP contribution in [0.5, 0.6) is 0 Å². The number of aliphatic hydroxyl groups is 1. The first-order valence-corrected chi connectivity index (χ1v) is 8.14. The largest absolute Gasteiger partial charge is 0.387 e. The number of rotatable bonds is 6. The smallest absolute Gasteiger partial charge is 0.123 e. The number of hydrogen-bond acceptors (Lipinski definition) is 4. The number of para-hydroxylation sites is 1. The fourth-order valence-corrected chi connectivity index (χ4v) is 2.92. The summed E-state index contributed by atoms with van der Waals surface area (Å²) in [5, 5.41) is 15.0. The van der Waals surface area contributed by atoms with Crippen molar-refractivity contribution in [3.63, 3.8) is 0 Å². The van der Waals surface area contributed by atoms with Gasteiger partial charge in [-0.05, 0) is 38.0 Å². The number of nitrogens with one attached hydrogen (secondary N) is 2. The van der Waals surface area contributed by atoms with Gasteiger partial charge < -0.3 is 21.1 Å². The van der Waals surface area contributed by atoms with E-state index in [0.717, 1.165) is 17.5 Å². The summed E-state index contributed by atoms with van der Waals surface area (Å²) in [7, 11) is 0. The molecule has 0 aliphatic heterocycles. The van der Waals surface area contributed by atoms with Crippen molar-refractivity contribution in [2.45, 2.75) is 31.9 Å². The first-order valence-electron chi connectivity index (χ1n) is 8.14. The average molecular weight is 397 g/mol. The maximum Gasteiger partial charge on any atom is 0.123 e. The molecular formula is C19H26Cl2N4O. The molecule has 5 nitrogen and oxygen atoms in total. The van der Waals surface area contributed by atoms with Crippen LogP contribution in [0.4, 0.5) is 5.82 Å². The topological polar surface area (TPSA) is 87.0 Å². The van der Waals surface area contributed by atoms with Gasteiger partial charge in [-0.2, -0.15) is 0 Å². The Hall–Kier alpha value is -1.79. The first kappa shape index (κ1) is 22.3. The zero-order chi connectivity index (χ0) is 17.2. The van der Waals surface area contributed by atoms with Crippen LogP contribution in [-0.4, -0.2) is 27.2 Å². The Morgan fingerprint density at radius 3 is 2.62 bits per heavy atom. The summed E-state index contributed by atoms with van der Waals surface area (Å²) >= 11 is 0. The molecule has 1 atom stereocenters. The maximum atomic E-state index is 10.3. The number of fused-ring (bicyclic) bond motifs is 1. The maximum absolute atomic E-state index is 10.3. The van der Waals surface area contributed by atoms with Crippen molar-refractivity contribution in [1.82, 2.24) is 15.3 Å². The van der Waals surface area contributed by atoms with E-state index in [-0.39, 0.29) is 30.4 Å². The molecule has 1 unspecified atom stereocenters. The molecule has 0 fully saturated rings. The van der Waals surface area contributed by atoms with Crippen molar-refractivity contribution < 1.29 is 5.11 Å². The highest BCUT2D eigenvalue weighted by molar-refractivity contribution is 5.85. The minimum Gasteiger partial charge on any atom is -0.387 e. The lowest BCUT2D eigenvalue weighted by atomic mass is 9.94. The van der Waals surface area contributed by atoms with Gasteiger partial charge in [0, 0.05) is 40.9 Å². The molecule has 0 spiro atoms. The number of hydrogen-bond donors (Lipinski definition) is 4. The number of aromatic amines is 1. The molecule has 0 aliphatic carbocycles. The molecule has 7 heteroatoms. The third-order valence-corrected chi connectivity index (χ3v) is 4.28. The molecule has 5 N–H and O–H groups in total. The zero-order valence-corrected chi connectivity index (χ0v) is 16.5. The van der Waals surface area contributed by atoms with Gasteiger partial charge in [-0.1, -0.05) is 24.3 Å². The number of nitrogen functional groups attached to an aromatic ring is 1. The third kappa shape index (κ3) is 5.35. The highest BCUT2D eigenvalue weighted by atomic mass is 35.5. The van der Waals surface area contributed by atoms with E-state index in [2.05, 4.69) is 53.5 Å². The van der Waals surface area contributed by atoms with E-state index in [1.165, 1.54) is 10.9 Å². The number of nitrogens with zero attached hydrogens (tertiary/aromatic N) is 1. The summed E-state index contributed by atoms with van der Waals surface area (Å²) in [6, 6.07) is 11.8. The molecule has 0 aliphatic rings. The molecular weight excluding hydrogens is 371 g/mol. The minimum atomic E-state index is -0.611. The van der Waals surface area contributed by atoms with E-state index < -0.39 is 6.10 Å². The number of nitrogens with two attached hydrogens (primary N) is 1. The number of pyridine rings is 1. The number of benzene rings is 1. The second-order valence-electron chi connectivity index (χ2n) is 6.83. The van der Waals surface area contributed by atoms with Crippen molar-refractivity contribution >= 4 is 41.5 Å². The SMILES string of the molecule is CC(C)(Cc1c[nH]c2ccccc12)NCC(O)c1ccc(N)nc1.Cl.Cl. The van der Waals surface area contributed by atoms with Crippen molar-refractivity contribution in [2.24, 2.45) is 0 Å². The summed E-state index contributed by atoms with van der Waals surface area (Å²) in [5.41, 5.74) is 8.62. The van der Waals surface area contributed by atoms with E-state index >= 15 is 0 Å². The van der Waals surface area contributed by atoms with Gasteiger partial charge >= 0.3 is 0 Å². The van der Waals surface area contributed by atoms with Gasteiger partial charge in [0.2, 0.25) is 0 Å². The Morgan fingerprint density at radius 2 is 1.92 bits per heavy atom. The lowest BCUT2D eigenvalue weighted by Crippen LogP contribution is -2.43. The van der Waals surface area contributed by atoms with Crippen LogP contribution in [0.25, 0.3) is 10.9 Å². The van der Waals surface area contributed by atoms with Crippen LogP contribution in [-0.2, 0) is 6.42 Å². The summed E-state index contributed by atoms with van der Waals surface area (Å²) in [6.07, 6.45) is 3.94. The fourth-order valence-electron chi connectivity index (χ4n) is 2.92. The van der Waals surface area contributed by atoms with E-state index in [4.69, 9.17) is 5.73 Å². The van der Waals surface area contributed by atoms with E-state index in [0.29, 0.717) is 12.4 Å². The molecule has 0 saturated carbocycles. The van der Waals surface area contributed by atoms with Gasteiger partial charge in [0.25, 0.3) is 0 Å². The molecule has 26 heavy (non-hydrogen) atoms. The van der Waals surface area contributed by atoms with Crippen LogP contribution >= 0.6 is 24.8 Å². The Morgan fingerprint density at radius 1 is 1.19 bits per heavy atom. The Balaban J connectivity index is 0.00000169. The molecule has 0 radical (unpaired) electrons. The van der Waals surface area contributed by atoms with Crippen LogP contribution in [0.3, 0.4) is 0 Å². The van der Waals surface area contributed by atoms with E-state index in [1.54, 1.807) is 18.3 Å². The van der Waals surface area contributed by atoms with Crippen molar-refractivity contribution in [1.29, 1.82) is 0 Å². The second kappa shape index (κ2) is 9.24. The predicted octanol–water partition coefficient (Wildman–Crippen LogP) is 3.63. The standard InChI is InChI=1S/C19H24N4O.2ClH/c1-19(2,9-14-11-21-16-6-4-3-5-15(14)16)23-12-17(24)13-7-8-18(20)22-10-13;;/h3-8,10-11,17,21,23-24H,9,12H2,1-2H3,(H2,20,22);2*1H. The van der Waals surface area contributed by atoms with Gasteiger partial charge in [0.1, 0.15) is 5.82 Å². The molecule has 0 amide bonds. The van der Waals surface area contributed by atoms with Gasteiger partial charge in [-0.15, -0.1) is 24.8 Å². The number of halogens is 2. The summed E-state index contributed by atoms with van der Waals surface area (Å²) in [6.45, 7) is 4.74. The summed E-state index contributed by atoms with van der Waals surface area (Å²) < 4.78 is 0. The first-order chi connectivity index (χ1) is 11.4. The molecule has 3 rings (SSSR count). The molecule has 2 aromatic heterocycles. The van der Waals surface area contributed by atoms with Gasteiger partial charge in [-0.25, -0.2) is 4.98 Å². The second-order valence-corrected chi connectivity index (χ2v) is 6.83. The number of β-amino-alcohol motifs (C(OH)–C–C–N with tert-alkyl or cyclic N) is 1. The van der Waals surface area contributed by atoms with Gasteiger partial charge in [0.05, 0.1) is 6.10 Å². The van der Waals surface area contributed by atoms with Crippen molar-refractivity contribution in [3.8, 4) is 0 Å². The number of aromatic nitrogens is 2. The number of H-pyrrole nitrogens is 1. The third-order valence-electron chi connectivity index (χ3n) is 4.28. The quantitative estimate of drug-likeness (QED) is 0.512. The molecule has 3 aromatic rings. The van der Waals surface area contributed by atoms with Crippen LogP contribution in [0.2, 0.25) is 0 Å². The summed E-state index contributed by atoms with van der Waals surface area (Å²) in [5.74, 6) is 0.457. The molecule has 142 valence electrons. The van der Waals surface area contributed by atoms with Crippen LogP contribution in [0.1, 0.15) is 31.1 Å². The van der Waals surface area contributed by atoms with Crippen LogP contribution < -0.4 is 11.1 Å².